The van der Waals surface area contributed by atoms with Gasteiger partial charge in [0.25, 0.3) is 0 Å². The molecule has 0 saturated carbocycles. The van der Waals surface area contributed by atoms with Crippen molar-refractivity contribution in [3.05, 3.63) is 66.1 Å². The Balaban J connectivity index is 1.16. The SMILES string of the molecule is CC(C)(C)OC(=O)N1CC(C)(c2nnc3cc(-c4ccc(C5=NO[C@@H](Cn6ccnn6)C5)cc4F)ccn23)C1. The van der Waals surface area contributed by atoms with Crippen LogP contribution in [0.4, 0.5) is 9.18 Å². The van der Waals surface area contributed by atoms with Gasteiger partial charge in [-0.15, -0.1) is 15.3 Å². The highest BCUT2D eigenvalue weighted by Crippen LogP contribution is 2.35. The number of nitrogens with zero attached hydrogens (tertiary/aromatic N) is 8. The third kappa shape index (κ3) is 4.82. The molecule has 0 radical (unpaired) electrons. The van der Waals surface area contributed by atoms with Crippen LogP contribution in [0.15, 0.2) is 54.1 Å². The van der Waals surface area contributed by atoms with Crippen molar-refractivity contribution in [3.8, 4) is 11.1 Å². The fourth-order valence-electron chi connectivity index (χ4n) is 5.03. The quantitative estimate of drug-likeness (QED) is 0.384. The summed E-state index contributed by atoms with van der Waals surface area (Å²) in [6, 6.07) is 8.73. The minimum Gasteiger partial charge on any atom is -0.444 e. The van der Waals surface area contributed by atoms with Gasteiger partial charge in [0.2, 0.25) is 0 Å². The van der Waals surface area contributed by atoms with Crippen LogP contribution in [0, 0.1) is 5.82 Å². The third-order valence-electron chi connectivity index (χ3n) is 6.89. The van der Waals surface area contributed by atoms with Gasteiger partial charge >= 0.3 is 6.09 Å². The Bertz CT molecular complexity index is 1570. The number of pyridine rings is 1. The number of halogens is 1. The van der Waals surface area contributed by atoms with E-state index in [1.165, 1.54) is 6.07 Å². The summed E-state index contributed by atoms with van der Waals surface area (Å²) in [5, 5.41) is 20.7. The maximum absolute atomic E-state index is 15.3. The van der Waals surface area contributed by atoms with E-state index in [2.05, 4.69) is 25.7 Å². The molecule has 0 bridgehead atoms. The fourth-order valence-corrected chi connectivity index (χ4v) is 5.03. The number of oxime groups is 1. The number of hydrogen-bond acceptors (Lipinski definition) is 8. The maximum atomic E-state index is 15.3. The zero-order valence-corrected chi connectivity index (χ0v) is 22.2. The minimum absolute atomic E-state index is 0.178. The van der Waals surface area contributed by atoms with Gasteiger partial charge in [0, 0.05) is 43.0 Å². The van der Waals surface area contributed by atoms with E-state index < -0.39 is 5.60 Å². The second-order valence-electron chi connectivity index (χ2n) is 11.4. The van der Waals surface area contributed by atoms with Crippen LogP contribution in [0.3, 0.4) is 0 Å². The predicted molar refractivity (Wildman–Crippen MR) is 140 cm³/mol. The molecule has 0 N–H and O–H groups in total. The molecule has 12 heteroatoms. The molecule has 2 aliphatic heterocycles. The van der Waals surface area contributed by atoms with Gasteiger partial charge < -0.3 is 14.5 Å². The number of rotatable bonds is 5. The van der Waals surface area contributed by atoms with E-state index in [1.54, 1.807) is 28.0 Å². The van der Waals surface area contributed by atoms with E-state index in [1.807, 2.05) is 56.5 Å². The number of aromatic nitrogens is 6. The monoisotopic (exact) mass is 532 g/mol. The molecule has 1 aromatic carbocycles. The molecule has 0 spiro atoms. The summed E-state index contributed by atoms with van der Waals surface area (Å²) in [6.07, 6.45) is 5.25. The van der Waals surface area contributed by atoms with E-state index >= 15 is 4.39 Å². The molecule has 39 heavy (non-hydrogen) atoms. The maximum Gasteiger partial charge on any atom is 0.410 e. The molecule has 3 aromatic heterocycles. The van der Waals surface area contributed by atoms with Gasteiger partial charge in [0.15, 0.2) is 11.8 Å². The summed E-state index contributed by atoms with van der Waals surface area (Å²) >= 11 is 0. The first-order valence-electron chi connectivity index (χ1n) is 12.8. The highest BCUT2D eigenvalue weighted by molar-refractivity contribution is 6.01. The van der Waals surface area contributed by atoms with Crippen LogP contribution in [-0.2, 0) is 21.5 Å². The Morgan fingerprint density at radius 2 is 1.97 bits per heavy atom. The molecule has 202 valence electrons. The number of benzene rings is 1. The third-order valence-corrected chi connectivity index (χ3v) is 6.89. The van der Waals surface area contributed by atoms with Crippen molar-refractivity contribution in [2.45, 2.75) is 57.8 Å². The largest absolute Gasteiger partial charge is 0.444 e. The number of fused-ring (bicyclic) bond motifs is 1. The molecule has 2 aliphatic rings. The Hall–Kier alpha value is -4.35. The van der Waals surface area contributed by atoms with Crippen molar-refractivity contribution >= 4 is 17.5 Å². The highest BCUT2D eigenvalue weighted by Gasteiger charge is 2.47. The first kappa shape index (κ1) is 25.0. The standard InChI is InChI=1S/C27H29FN8O3/c1-26(2,3)38-25(37)34-15-27(4,16-34)24-31-30-23-12-17(7-9-36(23)24)20-6-5-18(11-21(20)28)22-13-19(39-32-22)14-35-10-8-29-33-35/h5-12,19H,13-16H2,1-4H3/t19-/m1/s1. The lowest BCUT2D eigenvalue weighted by Gasteiger charge is -2.46. The molecule has 5 heterocycles. The van der Waals surface area contributed by atoms with Crippen molar-refractivity contribution in [1.29, 1.82) is 0 Å². The summed E-state index contributed by atoms with van der Waals surface area (Å²) in [7, 11) is 0. The van der Waals surface area contributed by atoms with Gasteiger partial charge in [-0.1, -0.05) is 22.5 Å². The first-order chi connectivity index (χ1) is 18.6. The summed E-state index contributed by atoms with van der Waals surface area (Å²) in [5.74, 6) is 0.386. The molecule has 6 rings (SSSR count). The number of ether oxygens (including phenoxy) is 1. The molecule has 1 atom stereocenters. The van der Waals surface area contributed by atoms with Gasteiger partial charge in [-0.25, -0.2) is 13.9 Å². The molecular formula is C27H29FN8O3. The van der Waals surface area contributed by atoms with Crippen LogP contribution in [0.2, 0.25) is 0 Å². The Morgan fingerprint density at radius 1 is 1.15 bits per heavy atom. The Kier molecular flexibility index (Phi) is 5.85. The second kappa shape index (κ2) is 9.14. The molecule has 1 fully saturated rings. The van der Waals surface area contributed by atoms with Gasteiger partial charge in [0.1, 0.15) is 17.2 Å². The number of likely N-dealkylation sites (tertiary alicyclic amines) is 1. The lowest BCUT2D eigenvalue weighted by atomic mass is 9.81. The van der Waals surface area contributed by atoms with Gasteiger partial charge in [0.05, 0.1) is 23.9 Å². The van der Waals surface area contributed by atoms with E-state index in [4.69, 9.17) is 9.57 Å². The van der Waals surface area contributed by atoms with E-state index in [9.17, 15) is 4.79 Å². The van der Waals surface area contributed by atoms with Crippen molar-refractivity contribution in [1.82, 2.24) is 34.5 Å². The van der Waals surface area contributed by atoms with Gasteiger partial charge in [-0.2, -0.15) is 0 Å². The molecule has 0 unspecified atom stereocenters. The average molecular weight is 533 g/mol. The van der Waals surface area contributed by atoms with Crippen LogP contribution >= 0.6 is 0 Å². The smallest absolute Gasteiger partial charge is 0.410 e. The van der Waals surface area contributed by atoms with Crippen LogP contribution in [-0.4, -0.2) is 71.1 Å². The van der Waals surface area contributed by atoms with Crippen LogP contribution < -0.4 is 0 Å². The van der Waals surface area contributed by atoms with Crippen LogP contribution in [0.5, 0.6) is 0 Å². The number of carbonyl (C=O) groups is 1. The van der Waals surface area contributed by atoms with Crippen LogP contribution in [0.1, 0.15) is 45.5 Å². The molecule has 11 nitrogen and oxygen atoms in total. The fraction of sp³-hybridized carbons (Fsp3) is 0.407. The zero-order valence-electron chi connectivity index (χ0n) is 22.2. The summed E-state index contributed by atoms with van der Waals surface area (Å²) in [6.45, 7) is 9.06. The topological polar surface area (TPSA) is 112 Å². The number of hydrogen-bond donors (Lipinski definition) is 0. The van der Waals surface area contributed by atoms with Crippen molar-refractivity contribution in [2.24, 2.45) is 5.16 Å². The van der Waals surface area contributed by atoms with E-state index in [0.717, 1.165) is 5.82 Å². The zero-order chi connectivity index (χ0) is 27.4. The van der Waals surface area contributed by atoms with Crippen LogP contribution in [0.25, 0.3) is 16.8 Å². The lowest BCUT2D eigenvalue weighted by Crippen LogP contribution is -2.61. The van der Waals surface area contributed by atoms with E-state index in [-0.39, 0.29) is 23.4 Å². The Morgan fingerprint density at radius 3 is 2.69 bits per heavy atom. The van der Waals surface area contributed by atoms with Gasteiger partial charge in [-0.3, -0.25) is 4.40 Å². The lowest BCUT2D eigenvalue weighted by molar-refractivity contribution is -0.00819. The normalized spacial score (nSPS) is 18.5. The van der Waals surface area contributed by atoms with Gasteiger partial charge in [-0.05, 0) is 51.5 Å². The number of carbonyl (C=O) groups excluding carboxylic acids is 1. The highest BCUT2D eigenvalue weighted by atomic mass is 19.1. The van der Waals surface area contributed by atoms with Crippen molar-refractivity contribution in [3.63, 3.8) is 0 Å². The minimum atomic E-state index is -0.548. The van der Waals surface area contributed by atoms with Crippen molar-refractivity contribution < 1.29 is 18.8 Å². The summed E-state index contributed by atoms with van der Waals surface area (Å²) in [5.41, 5.74) is 2.21. The molecule has 1 saturated heterocycles. The van der Waals surface area contributed by atoms with E-state index in [0.29, 0.717) is 54.1 Å². The second-order valence-corrected chi connectivity index (χ2v) is 11.4. The summed E-state index contributed by atoms with van der Waals surface area (Å²) < 4.78 is 24.3. The van der Waals surface area contributed by atoms with Crippen molar-refractivity contribution in [2.75, 3.05) is 13.1 Å². The number of amides is 1. The predicted octanol–water partition coefficient (Wildman–Crippen LogP) is 3.83. The molecule has 0 aliphatic carbocycles. The Labute approximate surface area is 224 Å². The average Bonchev–Trinajstić information content (AvgIpc) is 3.62. The molecular weight excluding hydrogens is 503 g/mol. The summed E-state index contributed by atoms with van der Waals surface area (Å²) in [4.78, 5) is 19.6. The molecule has 1 amide bonds. The first-order valence-corrected chi connectivity index (χ1v) is 12.8. The molecule has 4 aromatic rings.